The SMILES string of the molecule is Cc1c(C(=O)c2ccccc2)oc2cc(NC(=O)Cc3cccs3)ccc12. The number of anilines is 1. The fourth-order valence-corrected chi connectivity index (χ4v) is 3.72. The largest absolute Gasteiger partial charge is 0.452 e. The van der Waals surface area contributed by atoms with Crippen LogP contribution in [0.1, 0.15) is 26.6 Å². The molecule has 5 heteroatoms. The first-order chi connectivity index (χ1) is 13.1. The number of fused-ring (bicyclic) bond motifs is 1. The third-order valence-corrected chi connectivity index (χ3v) is 5.26. The summed E-state index contributed by atoms with van der Waals surface area (Å²) >= 11 is 1.55. The average molecular weight is 375 g/mol. The van der Waals surface area contributed by atoms with E-state index in [4.69, 9.17) is 4.42 Å². The van der Waals surface area contributed by atoms with Gasteiger partial charge in [-0.15, -0.1) is 11.3 Å². The lowest BCUT2D eigenvalue weighted by molar-refractivity contribution is -0.115. The van der Waals surface area contributed by atoms with Gasteiger partial charge < -0.3 is 9.73 Å². The first-order valence-corrected chi connectivity index (χ1v) is 9.45. The Morgan fingerprint density at radius 1 is 1.04 bits per heavy atom. The van der Waals surface area contributed by atoms with Crippen LogP contribution in [0, 0.1) is 6.92 Å². The molecule has 0 saturated heterocycles. The van der Waals surface area contributed by atoms with Gasteiger partial charge in [-0.25, -0.2) is 0 Å². The number of hydrogen-bond donors (Lipinski definition) is 1. The molecule has 4 rings (SSSR count). The second kappa shape index (κ2) is 7.21. The van der Waals surface area contributed by atoms with E-state index in [1.165, 1.54) is 0 Å². The maximum absolute atomic E-state index is 12.7. The molecule has 2 aromatic heterocycles. The normalized spacial score (nSPS) is 10.9. The van der Waals surface area contributed by atoms with E-state index < -0.39 is 0 Å². The van der Waals surface area contributed by atoms with E-state index in [9.17, 15) is 9.59 Å². The standard InChI is InChI=1S/C22H17NO3S/c1-14-18-10-9-16(23-20(24)13-17-8-5-11-27-17)12-19(18)26-22(14)21(25)15-6-3-2-4-7-15/h2-12H,13H2,1H3,(H,23,24). The van der Waals surface area contributed by atoms with E-state index in [2.05, 4.69) is 5.32 Å². The molecule has 0 spiro atoms. The molecule has 1 N–H and O–H groups in total. The molecule has 2 aromatic carbocycles. The number of benzene rings is 2. The van der Waals surface area contributed by atoms with Gasteiger partial charge in [0.25, 0.3) is 0 Å². The van der Waals surface area contributed by atoms with Crippen molar-refractivity contribution in [3.05, 3.63) is 87.8 Å². The molecule has 0 aliphatic heterocycles. The molecule has 0 saturated carbocycles. The van der Waals surface area contributed by atoms with Crippen molar-refractivity contribution in [2.45, 2.75) is 13.3 Å². The molecule has 27 heavy (non-hydrogen) atoms. The van der Waals surface area contributed by atoms with Gasteiger partial charge in [0.2, 0.25) is 11.7 Å². The molecule has 0 unspecified atom stereocenters. The second-order valence-corrected chi connectivity index (χ2v) is 7.30. The summed E-state index contributed by atoms with van der Waals surface area (Å²) in [7, 11) is 0. The van der Waals surface area contributed by atoms with Crippen molar-refractivity contribution in [1.82, 2.24) is 0 Å². The third-order valence-electron chi connectivity index (χ3n) is 4.38. The number of furan rings is 1. The molecule has 1 amide bonds. The topological polar surface area (TPSA) is 59.3 Å². The Morgan fingerprint density at radius 2 is 1.85 bits per heavy atom. The highest BCUT2D eigenvalue weighted by Gasteiger charge is 2.19. The van der Waals surface area contributed by atoms with Crippen LogP contribution in [0.5, 0.6) is 0 Å². The van der Waals surface area contributed by atoms with Crippen LogP contribution in [0.3, 0.4) is 0 Å². The second-order valence-electron chi connectivity index (χ2n) is 6.27. The summed E-state index contributed by atoms with van der Waals surface area (Å²) in [5.74, 6) is 0.103. The molecule has 134 valence electrons. The minimum absolute atomic E-state index is 0.0827. The maximum Gasteiger partial charge on any atom is 0.229 e. The van der Waals surface area contributed by atoms with E-state index in [0.717, 1.165) is 15.8 Å². The summed E-state index contributed by atoms with van der Waals surface area (Å²) in [4.78, 5) is 25.9. The summed E-state index contributed by atoms with van der Waals surface area (Å²) in [5.41, 5.74) is 2.62. The zero-order chi connectivity index (χ0) is 18.8. The molecule has 0 radical (unpaired) electrons. The van der Waals surface area contributed by atoms with Gasteiger partial charge in [-0.1, -0.05) is 36.4 Å². The lowest BCUT2D eigenvalue weighted by Crippen LogP contribution is -2.13. The van der Waals surface area contributed by atoms with E-state index in [-0.39, 0.29) is 11.7 Å². The van der Waals surface area contributed by atoms with Gasteiger partial charge in [-0.3, -0.25) is 9.59 Å². The Morgan fingerprint density at radius 3 is 2.59 bits per heavy atom. The molecule has 0 aliphatic rings. The number of thiophene rings is 1. The Labute approximate surface area is 160 Å². The Balaban J connectivity index is 1.59. The predicted molar refractivity (Wildman–Crippen MR) is 107 cm³/mol. The van der Waals surface area contributed by atoms with E-state index in [0.29, 0.717) is 29.0 Å². The molecule has 0 aliphatic carbocycles. The Kier molecular flexibility index (Phi) is 4.60. The average Bonchev–Trinajstić information content (AvgIpc) is 3.29. The summed E-state index contributed by atoms with van der Waals surface area (Å²) in [6.07, 6.45) is 0.338. The predicted octanol–water partition coefficient (Wildman–Crippen LogP) is 5.21. The van der Waals surface area contributed by atoms with Crippen molar-refractivity contribution in [3.63, 3.8) is 0 Å². The molecular formula is C22H17NO3S. The van der Waals surface area contributed by atoms with Crippen molar-refractivity contribution in [3.8, 4) is 0 Å². The minimum atomic E-state index is -0.146. The fourth-order valence-electron chi connectivity index (χ4n) is 3.02. The number of hydrogen-bond acceptors (Lipinski definition) is 4. The molecule has 0 fully saturated rings. The Hall–Kier alpha value is -3.18. The van der Waals surface area contributed by atoms with Crippen LogP contribution in [-0.2, 0) is 11.2 Å². The number of aryl methyl sites for hydroxylation is 1. The lowest BCUT2D eigenvalue weighted by atomic mass is 10.0. The summed E-state index contributed by atoms with van der Waals surface area (Å²) in [6, 6.07) is 18.4. The Bertz CT molecular complexity index is 1110. The van der Waals surface area contributed by atoms with Gasteiger partial charge in [-0.2, -0.15) is 0 Å². The van der Waals surface area contributed by atoms with Crippen molar-refractivity contribution < 1.29 is 14.0 Å². The quantitative estimate of drug-likeness (QED) is 0.487. The van der Waals surface area contributed by atoms with Crippen molar-refractivity contribution in [1.29, 1.82) is 0 Å². The number of carbonyl (C=O) groups excluding carboxylic acids is 2. The van der Waals surface area contributed by atoms with Crippen LogP contribution in [0.25, 0.3) is 11.0 Å². The first-order valence-electron chi connectivity index (χ1n) is 8.57. The molecule has 0 atom stereocenters. The number of nitrogens with one attached hydrogen (secondary N) is 1. The highest BCUT2D eigenvalue weighted by atomic mass is 32.1. The van der Waals surface area contributed by atoms with Crippen molar-refractivity contribution in [2.75, 3.05) is 5.32 Å². The highest BCUT2D eigenvalue weighted by molar-refractivity contribution is 7.10. The van der Waals surface area contributed by atoms with Crippen molar-refractivity contribution in [2.24, 2.45) is 0 Å². The summed E-state index contributed by atoms with van der Waals surface area (Å²) < 4.78 is 5.84. The van der Waals surface area contributed by atoms with Gasteiger partial charge in [0.1, 0.15) is 5.58 Å². The van der Waals surface area contributed by atoms with Crippen LogP contribution in [0.4, 0.5) is 5.69 Å². The van der Waals surface area contributed by atoms with E-state index >= 15 is 0 Å². The summed E-state index contributed by atoms with van der Waals surface area (Å²) in [5, 5.41) is 5.70. The monoisotopic (exact) mass is 375 g/mol. The van der Waals surface area contributed by atoms with Gasteiger partial charge in [0.15, 0.2) is 5.76 Å². The zero-order valence-electron chi connectivity index (χ0n) is 14.7. The summed E-state index contributed by atoms with van der Waals surface area (Å²) in [6.45, 7) is 1.87. The molecule has 0 bridgehead atoms. The smallest absolute Gasteiger partial charge is 0.229 e. The van der Waals surface area contributed by atoms with Gasteiger partial charge in [0, 0.05) is 33.1 Å². The van der Waals surface area contributed by atoms with Gasteiger partial charge in [0.05, 0.1) is 6.42 Å². The molecule has 4 nitrogen and oxygen atoms in total. The first kappa shape index (κ1) is 17.2. The lowest BCUT2D eigenvalue weighted by Gasteiger charge is -2.04. The fraction of sp³-hybridized carbons (Fsp3) is 0.0909. The number of carbonyl (C=O) groups is 2. The van der Waals surface area contributed by atoms with Crippen LogP contribution in [0.15, 0.2) is 70.5 Å². The maximum atomic E-state index is 12.7. The van der Waals surface area contributed by atoms with E-state index in [1.54, 1.807) is 29.5 Å². The highest BCUT2D eigenvalue weighted by Crippen LogP contribution is 2.29. The third kappa shape index (κ3) is 3.55. The van der Waals surface area contributed by atoms with Crippen LogP contribution in [-0.4, -0.2) is 11.7 Å². The van der Waals surface area contributed by atoms with Crippen LogP contribution in [0.2, 0.25) is 0 Å². The van der Waals surface area contributed by atoms with Crippen LogP contribution >= 0.6 is 11.3 Å². The van der Waals surface area contributed by atoms with Crippen LogP contribution < -0.4 is 5.32 Å². The number of ketones is 1. The van der Waals surface area contributed by atoms with E-state index in [1.807, 2.05) is 54.8 Å². The molecule has 4 aromatic rings. The zero-order valence-corrected chi connectivity index (χ0v) is 15.5. The molecule has 2 heterocycles. The minimum Gasteiger partial charge on any atom is -0.452 e. The van der Waals surface area contributed by atoms with Crippen molar-refractivity contribution >= 4 is 39.7 Å². The number of amides is 1. The van der Waals surface area contributed by atoms with Gasteiger partial charge >= 0.3 is 0 Å². The number of rotatable bonds is 5. The van der Waals surface area contributed by atoms with Gasteiger partial charge in [-0.05, 0) is 30.5 Å². The molecular weight excluding hydrogens is 358 g/mol.